The number of benzene rings is 1. The predicted octanol–water partition coefficient (Wildman–Crippen LogP) is 1.86. The Morgan fingerprint density at radius 1 is 1.45 bits per heavy atom. The van der Waals surface area contributed by atoms with Gasteiger partial charge in [0.2, 0.25) is 5.91 Å². The Balaban J connectivity index is 2.31. The molecule has 1 aromatic rings. The molecule has 0 fully saturated rings. The standard InChI is InChI=1S/C15H21N3O2/c1-3-20-10-9-18(2)8-7-15(19)17-14-6-4-5-13(11-14)12-16/h4-6,11H,3,7-10H2,1-2H3,(H,17,19). The average molecular weight is 275 g/mol. The molecule has 0 saturated carbocycles. The Bertz CT molecular complexity index is 468. The lowest BCUT2D eigenvalue weighted by molar-refractivity contribution is -0.116. The molecule has 0 radical (unpaired) electrons. The van der Waals surface area contributed by atoms with Crippen molar-refractivity contribution in [2.75, 3.05) is 38.7 Å². The fourth-order valence-electron chi connectivity index (χ4n) is 1.66. The number of ether oxygens (including phenoxy) is 1. The number of nitrogens with one attached hydrogen (secondary N) is 1. The number of amides is 1. The van der Waals surface area contributed by atoms with Crippen molar-refractivity contribution in [1.82, 2.24) is 4.90 Å². The van der Waals surface area contributed by atoms with Gasteiger partial charge in [0.05, 0.1) is 18.2 Å². The first-order chi connectivity index (χ1) is 9.65. The molecule has 0 aliphatic rings. The molecule has 0 spiro atoms. The van der Waals surface area contributed by atoms with E-state index >= 15 is 0 Å². The predicted molar refractivity (Wildman–Crippen MR) is 78.4 cm³/mol. The lowest BCUT2D eigenvalue weighted by atomic mass is 10.2. The zero-order valence-electron chi connectivity index (χ0n) is 12.1. The first-order valence-corrected chi connectivity index (χ1v) is 6.72. The van der Waals surface area contributed by atoms with Gasteiger partial charge in [-0.3, -0.25) is 4.79 Å². The Morgan fingerprint density at radius 2 is 2.25 bits per heavy atom. The Kier molecular flexibility index (Phi) is 7.33. The van der Waals surface area contributed by atoms with Gasteiger partial charge in [0.15, 0.2) is 0 Å². The van der Waals surface area contributed by atoms with Gasteiger partial charge < -0.3 is 15.0 Å². The fraction of sp³-hybridized carbons (Fsp3) is 0.467. The van der Waals surface area contributed by atoms with Crippen molar-refractivity contribution in [3.8, 4) is 6.07 Å². The Hall–Kier alpha value is -1.90. The van der Waals surface area contributed by atoms with Gasteiger partial charge in [0, 0.05) is 31.8 Å². The highest BCUT2D eigenvalue weighted by Crippen LogP contribution is 2.10. The summed E-state index contributed by atoms with van der Waals surface area (Å²) in [5.41, 5.74) is 1.20. The number of anilines is 1. The number of likely N-dealkylation sites (N-methyl/N-ethyl adjacent to an activating group) is 1. The van der Waals surface area contributed by atoms with Gasteiger partial charge in [0.25, 0.3) is 0 Å². The maximum absolute atomic E-state index is 11.8. The molecule has 108 valence electrons. The third-order valence-electron chi connectivity index (χ3n) is 2.82. The van der Waals surface area contributed by atoms with Gasteiger partial charge in [-0.15, -0.1) is 0 Å². The average Bonchev–Trinajstić information content (AvgIpc) is 2.45. The van der Waals surface area contributed by atoms with Crippen molar-refractivity contribution in [2.45, 2.75) is 13.3 Å². The molecule has 0 heterocycles. The number of carbonyl (C=O) groups is 1. The molecule has 1 rings (SSSR count). The van der Waals surface area contributed by atoms with Crippen LogP contribution in [0.4, 0.5) is 5.69 Å². The molecule has 0 bridgehead atoms. The molecule has 0 aliphatic carbocycles. The minimum absolute atomic E-state index is 0.0525. The third-order valence-corrected chi connectivity index (χ3v) is 2.82. The van der Waals surface area contributed by atoms with Gasteiger partial charge in [-0.25, -0.2) is 0 Å². The van der Waals surface area contributed by atoms with E-state index in [-0.39, 0.29) is 5.91 Å². The zero-order valence-corrected chi connectivity index (χ0v) is 12.1. The second-order valence-electron chi connectivity index (χ2n) is 4.49. The Morgan fingerprint density at radius 3 is 2.95 bits per heavy atom. The van der Waals surface area contributed by atoms with E-state index in [0.717, 1.165) is 6.54 Å². The van der Waals surface area contributed by atoms with Crippen molar-refractivity contribution < 1.29 is 9.53 Å². The Labute approximate surface area is 120 Å². The van der Waals surface area contributed by atoms with Crippen LogP contribution in [0.25, 0.3) is 0 Å². The van der Waals surface area contributed by atoms with Crippen LogP contribution in [-0.2, 0) is 9.53 Å². The van der Waals surface area contributed by atoms with E-state index < -0.39 is 0 Å². The highest BCUT2D eigenvalue weighted by molar-refractivity contribution is 5.90. The van der Waals surface area contributed by atoms with Gasteiger partial charge in [-0.1, -0.05) is 6.07 Å². The monoisotopic (exact) mass is 275 g/mol. The van der Waals surface area contributed by atoms with Crippen LogP contribution in [0.2, 0.25) is 0 Å². The first-order valence-electron chi connectivity index (χ1n) is 6.72. The van der Waals surface area contributed by atoms with E-state index in [0.29, 0.717) is 37.4 Å². The largest absolute Gasteiger partial charge is 0.380 e. The summed E-state index contributed by atoms with van der Waals surface area (Å²) in [4.78, 5) is 13.9. The molecule has 0 aliphatic heterocycles. The van der Waals surface area contributed by atoms with Crippen LogP contribution < -0.4 is 5.32 Å². The maximum atomic E-state index is 11.8. The van der Waals surface area contributed by atoms with Crippen molar-refractivity contribution in [3.63, 3.8) is 0 Å². The number of hydrogen-bond acceptors (Lipinski definition) is 4. The van der Waals surface area contributed by atoms with Crippen LogP contribution in [0, 0.1) is 11.3 Å². The lowest BCUT2D eigenvalue weighted by Crippen LogP contribution is -2.27. The summed E-state index contributed by atoms with van der Waals surface area (Å²) >= 11 is 0. The topological polar surface area (TPSA) is 65.4 Å². The molecule has 1 aromatic carbocycles. The molecule has 0 unspecified atom stereocenters. The molecule has 0 saturated heterocycles. The van der Waals surface area contributed by atoms with E-state index in [1.807, 2.05) is 20.0 Å². The number of hydrogen-bond donors (Lipinski definition) is 1. The highest BCUT2D eigenvalue weighted by atomic mass is 16.5. The second-order valence-corrected chi connectivity index (χ2v) is 4.49. The van der Waals surface area contributed by atoms with Crippen LogP contribution in [0.3, 0.4) is 0 Å². The summed E-state index contributed by atoms with van der Waals surface area (Å²) in [6.45, 7) is 4.84. The second kappa shape index (κ2) is 9.08. The molecule has 0 atom stereocenters. The smallest absolute Gasteiger partial charge is 0.225 e. The number of rotatable bonds is 8. The molecule has 5 nitrogen and oxygen atoms in total. The molecule has 1 amide bonds. The molecule has 1 N–H and O–H groups in total. The van der Waals surface area contributed by atoms with Crippen molar-refractivity contribution in [1.29, 1.82) is 5.26 Å². The molecule has 0 aromatic heterocycles. The van der Waals surface area contributed by atoms with Gasteiger partial charge in [0.1, 0.15) is 0 Å². The summed E-state index contributed by atoms with van der Waals surface area (Å²) in [6, 6.07) is 8.94. The highest BCUT2D eigenvalue weighted by Gasteiger charge is 2.05. The van der Waals surface area contributed by atoms with Crippen LogP contribution in [0.5, 0.6) is 0 Å². The summed E-state index contributed by atoms with van der Waals surface area (Å²) in [7, 11) is 1.96. The maximum Gasteiger partial charge on any atom is 0.225 e. The molecule has 20 heavy (non-hydrogen) atoms. The third kappa shape index (κ3) is 6.32. The van der Waals surface area contributed by atoms with E-state index in [1.54, 1.807) is 24.3 Å². The summed E-state index contributed by atoms with van der Waals surface area (Å²) < 4.78 is 5.26. The number of nitriles is 1. The number of nitrogens with zero attached hydrogens (tertiary/aromatic N) is 2. The van der Waals surface area contributed by atoms with Gasteiger partial charge in [-0.05, 0) is 32.2 Å². The van der Waals surface area contributed by atoms with Crippen molar-refractivity contribution >= 4 is 11.6 Å². The fourth-order valence-corrected chi connectivity index (χ4v) is 1.66. The van der Waals surface area contributed by atoms with Crippen molar-refractivity contribution in [3.05, 3.63) is 29.8 Å². The zero-order chi connectivity index (χ0) is 14.8. The number of carbonyl (C=O) groups excluding carboxylic acids is 1. The summed E-state index contributed by atoms with van der Waals surface area (Å²) in [5, 5.41) is 11.6. The molecular formula is C15H21N3O2. The van der Waals surface area contributed by atoms with Crippen LogP contribution >= 0.6 is 0 Å². The SMILES string of the molecule is CCOCCN(C)CCC(=O)Nc1cccc(C#N)c1. The van der Waals surface area contributed by atoms with E-state index in [4.69, 9.17) is 10.00 Å². The molecular weight excluding hydrogens is 254 g/mol. The first kappa shape index (κ1) is 16.2. The van der Waals surface area contributed by atoms with Crippen LogP contribution in [0.1, 0.15) is 18.9 Å². The van der Waals surface area contributed by atoms with Gasteiger partial charge >= 0.3 is 0 Å². The summed E-state index contributed by atoms with van der Waals surface area (Å²) in [5.74, 6) is -0.0525. The minimum atomic E-state index is -0.0525. The van der Waals surface area contributed by atoms with E-state index in [9.17, 15) is 4.79 Å². The van der Waals surface area contributed by atoms with Crippen LogP contribution in [-0.4, -0.2) is 44.2 Å². The van der Waals surface area contributed by atoms with E-state index in [1.165, 1.54) is 0 Å². The van der Waals surface area contributed by atoms with E-state index in [2.05, 4.69) is 10.2 Å². The quantitative estimate of drug-likeness (QED) is 0.735. The lowest BCUT2D eigenvalue weighted by Gasteiger charge is -2.16. The summed E-state index contributed by atoms with van der Waals surface area (Å²) in [6.07, 6.45) is 0.416. The normalized spacial score (nSPS) is 10.3. The van der Waals surface area contributed by atoms with Gasteiger partial charge in [-0.2, -0.15) is 5.26 Å². The molecule has 5 heteroatoms. The van der Waals surface area contributed by atoms with Crippen LogP contribution in [0.15, 0.2) is 24.3 Å². The minimum Gasteiger partial charge on any atom is -0.380 e. The van der Waals surface area contributed by atoms with Crippen molar-refractivity contribution in [2.24, 2.45) is 0 Å².